The highest BCUT2D eigenvalue weighted by atomic mass is 32.1. The van der Waals surface area contributed by atoms with Gasteiger partial charge in [-0.15, -0.1) is 0 Å². The molecule has 0 saturated carbocycles. The van der Waals surface area contributed by atoms with Crippen molar-refractivity contribution in [1.82, 2.24) is 29.9 Å². The summed E-state index contributed by atoms with van der Waals surface area (Å²) in [6, 6.07) is 0.459. The number of nitrogens with zero attached hydrogens (tertiary/aromatic N) is 5. The van der Waals surface area contributed by atoms with E-state index in [0.29, 0.717) is 12.0 Å². The zero-order valence-corrected chi connectivity index (χ0v) is 18.4. The van der Waals surface area contributed by atoms with Crippen LogP contribution in [0.3, 0.4) is 0 Å². The summed E-state index contributed by atoms with van der Waals surface area (Å²) >= 11 is 1.77. The molecule has 1 atom stereocenters. The van der Waals surface area contributed by atoms with E-state index >= 15 is 0 Å². The van der Waals surface area contributed by atoms with Gasteiger partial charge < -0.3 is 15.2 Å². The molecule has 5 rings (SSSR count). The van der Waals surface area contributed by atoms with Crippen LogP contribution in [-0.4, -0.2) is 50.2 Å². The van der Waals surface area contributed by atoms with E-state index in [1.807, 2.05) is 4.52 Å². The van der Waals surface area contributed by atoms with Crippen molar-refractivity contribution in [2.24, 2.45) is 0 Å². The van der Waals surface area contributed by atoms with Gasteiger partial charge in [0.25, 0.3) is 0 Å². The molecule has 1 fully saturated rings. The van der Waals surface area contributed by atoms with Crippen molar-refractivity contribution in [2.75, 3.05) is 24.5 Å². The van der Waals surface area contributed by atoms with Crippen LogP contribution in [0.1, 0.15) is 43.4 Å². The molecule has 29 heavy (non-hydrogen) atoms. The van der Waals surface area contributed by atoms with E-state index in [9.17, 15) is 0 Å². The molecule has 8 heteroatoms. The first-order valence-electron chi connectivity index (χ1n) is 10.3. The van der Waals surface area contributed by atoms with Crippen molar-refractivity contribution in [1.29, 1.82) is 0 Å². The third-order valence-electron chi connectivity index (χ3n) is 6.10. The maximum atomic E-state index is 5.11. The fraction of sp³-hybridized carbons (Fsp3) is 0.476. The topological polar surface area (TPSA) is 74.1 Å². The Kier molecular flexibility index (Phi) is 4.36. The normalized spacial score (nSPS) is 17.9. The monoisotopic (exact) mass is 409 g/mol. The fourth-order valence-electron chi connectivity index (χ4n) is 4.35. The summed E-state index contributed by atoms with van der Waals surface area (Å²) in [5.41, 5.74) is 8.04. The minimum Gasteiger partial charge on any atom is -0.344 e. The summed E-state index contributed by atoms with van der Waals surface area (Å²) in [5.74, 6) is 0.361. The summed E-state index contributed by atoms with van der Waals surface area (Å²) in [7, 11) is 0. The lowest BCUT2D eigenvalue weighted by Crippen LogP contribution is -2.49. The van der Waals surface area contributed by atoms with Crippen LogP contribution in [0.5, 0.6) is 0 Å². The Morgan fingerprint density at radius 1 is 1.24 bits per heavy atom. The molecule has 4 aromatic heterocycles. The summed E-state index contributed by atoms with van der Waals surface area (Å²) in [6.07, 6.45) is 3.70. The second kappa shape index (κ2) is 6.81. The van der Waals surface area contributed by atoms with Crippen LogP contribution in [0, 0.1) is 13.8 Å². The Balaban J connectivity index is 1.68. The van der Waals surface area contributed by atoms with Crippen LogP contribution in [0.4, 0.5) is 5.13 Å². The first-order chi connectivity index (χ1) is 14.0. The molecule has 1 unspecified atom stereocenters. The number of pyridine rings is 1. The molecule has 152 valence electrons. The van der Waals surface area contributed by atoms with Crippen molar-refractivity contribution in [2.45, 2.75) is 46.6 Å². The maximum Gasteiger partial charge on any atom is 0.188 e. The minimum atomic E-state index is 0.361. The van der Waals surface area contributed by atoms with Gasteiger partial charge in [-0.2, -0.15) is 5.10 Å². The highest BCUT2D eigenvalue weighted by Crippen LogP contribution is 2.41. The molecule has 0 aliphatic carbocycles. The van der Waals surface area contributed by atoms with Crippen LogP contribution in [0.25, 0.3) is 27.3 Å². The number of fused-ring (bicyclic) bond motifs is 2. The third kappa shape index (κ3) is 2.85. The Morgan fingerprint density at radius 3 is 2.83 bits per heavy atom. The molecule has 0 aromatic carbocycles. The van der Waals surface area contributed by atoms with Crippen LogP contribution in [0.15, 0.2) is 12.5 Å². The Labute approximate surface area is 174 Å². The number of aromatic nitrogens is 5. The third-order valence-corrected chi connectivity index (χ3v) is 7.11. The smallest absolute Gasteiger partial charge is 0.188 e. The van der Waals surface area contributed by atoms with E-state index in [1.54, 1.807) is 17.7 Å². The number of anilines is 1. The highest BCUT2D eigenvalue weighted by molar-refractivity contribution is 7.21. The number of nitrogens with one attached hydrogen (secondary N) is 2. The standard InChI is InChI=1S/C21H27N7S/c1-11(2)16-17(15-9-28-19(23-10-24-28)14(5)13(15)4)25-20-18(16)26-21(29-20)27-7-6-22-8-12(27)3/h9-12,22,25H,6-8H2,1-5H3. The molecule has 1 aliphatic heterocycles. The quantitative estimate of drug-likeness (QED) is 0.537. The summed E-state index contributed by atoms with van der Waals surface area (Å²) in [4.78, 5) is 16.8. The van der Waals surface area contributed by atoms with Gasteiger partial charge in [-0.3, -0.25) is 0 Å². The Morgan fingerprint density at radius 2 is 2.07 bits per heavy atom. The van der Waals surface area contributed by atoms with Gasteiger partial charge in [0.1, 0.15) is 16.7 Å². The number of rotatable bonds is 3. The molecule has 5 heterocycles. The molecular weight excluding hydrogens is 382 g/mol. The minimum absolute atomic E-state index is 0.361. The lowest BCUT2D eigenvalue weighted by Gasteiger charge is -2.33. The second-order valence-electron chi connectivity index (χ2n) is 8.31. The number of H-pyrrole nitrogens is 1. The number of hydrogen-bond donors (Lipinski definition) is 2. The molecular formula is C21H27N7S. The van der Waals surface area contributed by atoms with Gasteiger partial charge in [0, 0.05) is 43.0 Å². The Hall–Kier alpha value is -2.45. The van der Waals surface area contributed by atoms with Crippen molar-refractivity contribution in [3.63, 3.8) is 0 Å². The first-order valence-corrected chi connectivity index (χ1v) is 11.1. The van der Waals surface area contributed by atoms with Crippen LogP contribution in [0.2, 0.25) is 0 Å². The largest absolute Gasteiger partial charge is 0.344 e. The molecule has 1 aliphatic rings. The molecule has 7 nitrogen and oxygen atoms in total. The van der Waals surface area contributed by atoms with Crippen molar-refractivity contribution in [3.05, 3.63) is 29.2 Å². The average molecular weight is 410 g/mol. The lowest BCUT2D eigenvalue weighted by atomic mass is 9.96. The Bertz CT molecular complexity index is 1200. The van der Waals surface area contributed by atoms with E-state index in [2.05, 4.69) is 66.1 Å². The molecule has 0 radical (unpaired) electrons. The van der Waals surface area contributed by atoms with Gasteiger partial charge in [-0.25, -0.2) is 14.5 Å². The second-order valence-corrected chi connectivity index (χ2v) is 9.29. The molecule has 1 saturated heterocycles. The predicted molar refractivity (Wildman–Crippen MR) is 119 cm³/mol. The number of thiazole rings is 1. The average Bonchev–Trinajstić information content (AvgIpc) is 3.38. The fourth-order valence-corrected chi connectivity index (χ4v) is 5.47. The zero-order valence-electron chi connectivity index (χ0n) is 17.6. The van der Waals surface area contributed by atoms with Crippen LogP contribution >= 0.6 is 11.3 Å². The van der Waals surface area contributed by atoms with Gasteiger partial charge >= 0.3 is 0 Å². The van der Waals surface area contributed by atoms with Crippen molar-refractivity contribution in [3.8, 4) is 11.3 Å². The van der Waals surface area contributed by atoms with Gasteiger partial charge in [0.2, 0.25) is 0 Å². The van der Waals surface area contributed by atoms with E-state index < -0.39 is 0 Å². The molecule has 4 aromatic rings. The van der Waals surface area contributed by atoms with E-state index in [1.165, 1.54) is 16.7 Å². The summed E-state index contributed by atoms with van der Waals surface area (Å²) in [6.45, 7) is 14.1. The van der Waals surface area contributed by atoms with Crippen LogP contribution in [-0.2, 0) is 0 Å². The van der Waals surface area contributed by atoms with E-state index in [0.717, 1.165) is 52.0 Å². The van der Waals surface area contributed by atoms with Gasteiger partial charge in [0.05, 0.1) is 5.69 Å². The number of piperazine rings is 1. The highest BCUT2D eigenvalue weighted by Gasteiger charge is 2.26. The van der Waals surface area contributed by atoms with Gasteiger partial charge in [0.15, 0.2) is 10.8 Å². The first kappa shape index (κ1) is 18.6. The van der Waals surface area contributed by atoms with E-state index in [4.69, 9.17) is 4.98 Å². The van der Waals surface area contributed by atoms with Crippen molar-refractivity contribution >= 4 is 32.5 Å². The zero-order chi connectivity index (χ0) is 20.3. The molecule has 0 spiro atoms. The molecule has 0 bridgehead atoms. The number of aromatic amines is 1. The van der Waals surface area contributed by atoms with Gasteiger partial charge in [-0.1, -0.05) is 25.2 Å². The van der Waals surface area contributed by atoms with Gasteiger partial charge in [-0.05, 0) is 37.8 Å². The summed E-state index contributed by atoms with van der Waals surface area (Å²) in [5, 5.41) is 8.95. The van der Waals surface area contributed by atoms with Crippen LogP contribution < -0.4 is 10.2 Å². The predicted octanol–water partition coefficient (Wildman–Crippen LogP) is 3.87. The molecule has 0 amide bonds. The van der Waals surface area contributed by atoms with E-state index in [-0.39, 0.29) is 0 Å². The number of hydrogen-bond acceptors (Lipinski definition) is 6. The lowest BCUT2D eigenvalue weighted by molar-refractivity contribution is 0.500. The molecule has 2 N–H and O–H groups in total. The summed E-state index contributed by atoms with van der Waals surface area (Å²) < 4.78 is 1.87. The number of aryl methyl sites for hydroxylation is 1. The SMILES string of the molecule is Cc1c(-c2[nH]c3sc(N4CCNCC4C)nc3c2C(C)C)cn2ncnc2c1C. The van der Waals surface area contributed by atoms with Crippen molar-refractivity contribution < 1.29 is 0 Å². The maximum absolute atomic E-state index is 5.11.